The molecule has 1 N–H and O–H groups in total. The standard InChI is InChI=1S/C12H7ClN4O4/c13-10-9-6(1-2-14-10)11(18)17(5-15-9)3-8-16-7(4-21-8)12(19)20/h1-2,4-5H,3H2,(H,19,20). The number of pyridine rings is 1. The van der Waals surface area contributed by atoms with Gasteiger partial charge in [0.25, 0.3) is 5.56 Å². The summed E-state index contributed by atoms with van der Waals surface area (Å²) in [6, 6.07) is 1.51. The predicted octanol–water partition coefficient (Wildman–Crippen LogP) is 1.18. The molecule has 0 aliphatic rings. The quantitative estimate of drug-likeness (QED) is 0.723. The van der Waals surface area contributed by atoms with Crippen molar-refractivity contribution in [3.8, 4) is 0 Å². The highest BCUT2D eigenvalue weighted by molar-refractivity contribution is 6.33. The van der Waals surface area contributed by atoms with Crippen LogP contribution in [0.15, 0.2) is 34.1 Å². The minimum absolute atomic E-state index is 0.0327. The highest BCUT2D eigenvalue weighted by atomic mass is 35.5. The SMILES string of the molecule is O=C(O)c1coc(Cn2cnc3c(Cl)nccc3c2=O)n1. The smallest absolute Gasteiger partial charge is 0.357 e. The molecule has 0 unspecified atom stereocenters. The van der Waals surface area contributed by atoms with Crippen LogP contribution in [0.1, 0.15) is 16.4 Å². The molecule has 0 radical (unpaired) electrons. The van der Waals surface area contributed by atoms with E-state index in [1.54, 1.807) is 0 Å². The first-order chi connectivity index (χ1) is 10.1. The maximum Gasteiger partial charge on any atom is 0.357 e. The predicted molar refractivity (Wildman–Crippen MR) is 71.4 cm³/mol. The van der Waals surface area contributed by atoms with Gasteiger partial charge in [0.2, 0.25) is 5.89 Å². The number of halogens is 1. The van der Waals surface area contributed by atoms with Crippen LogP contribution >= 0.6 is 11.6 Å². The topological polar surface area (TPSA) is 111 Å². The summed E-state index contributed by atoms with van der Waals surface area (Å²) in [7, 11) is 0. The van der Waals surface area contributed by atoms with E-state index in [0.717, 1.165) is 6.26 Å². The number of hydrogen-bond acceptors (Lipinski definition) is 6. The average molecular weight is 307 g/mol. The fourth-order valence-corrected chi connectivity index (χ4v) is 2.01. The van der Waals surface area contributed by atoms with E-state index in [-0.39, 0.29) is 28.8 Å². The molecular weight excluding hydrogens is 300 g/mol. The molecule has 3 aromatic heterocycles. The Morgan fingerprint density at radius 1 is 1.43 bits per heavy atom. The Morgan fingerprint density at radius 2 is 2.24 bits per heavy atom. The van der Waals surface area contributed by atoms with Gasteiger partial charge in [0.15, 0.2) is 10.8 Å². The van der Waals surface area contributed by atoms with Crippen LogP contribution in [0.2, 0.25) is 5.15 Å². The van der Waals surface area contributed by atoms with E-state index < -0.39 is 5.97 Å². The van der Waals surface area contributed by atoms with Crippen molar-refractivity contribution < 1.29 is 14.3 Å². The van der Waals surface area contributed by atoms with Crippen molar-refractivity contribution in [3.05, 3.63) is 51.9 Å². The summed E-state index contributed by atoms with van der Waals surface area (Å²) in [4.78, 5) is 34.7. The van der Waals surface area contributed by atoms with Crippen LogP contribution in [0.4, 0.5) is 0 Å². The normalized spacial score (nSPS) is 10.9. The number of carboxylic acid groups (broad SMARTS) is 1. The van der Waals surface area contributed by atoms with E-state index in [1.807, 2.05) is 0 Å². The first kappa shape index (κ1) is 13.3. The van der Waals surface area contributed by atoms with Crippen LogP contribution in [0, 0.1) is 0 Å². The number of aromatic nitrogens is 4. The lowest BCUT2D eigenvalue weighted by Gasteiger charge is -2.04. The van der Waals surface area contributed by atoms with Gasteiger partial charge in [-0.3, -0.25) is 9.36 Å². The molecule has 3 rings (SSSR count). The van der Waals surface area contributed by atoms with Crippen LogP contribution in [-0.2, 0) is 6.54 Å². The van der Waals surface area contributed by atoms with Crippen LogP contribution in [0.25, 0.3) is 10.9 Å². The monoisotopic (exact) mass is 306 g/mol. The zero-order valence-corrected chi connectivity index (χ0v) is 11.1. The van der Waals surface area contributed by atoms with Crippen molar-refractivity contribution in [1.29, 1.82) is 0 Å². The number of rotatable bonds is 3. The molecule has 0 amide bonds. The van der Waals surface area contributed by atoms with Gasteiger partial charge < -0.3 is 9.52 Å². The molecule has 0 aliphatic heterocycles. The molecule has 106 valence electrons. The fraction of sp³-hybridized carbons (Fsp3) is 0.0833. The maximum atomic E-state index is 12.3. The Morgan fingerprint density at radius 3 is 2.95 bits per heavy atom. The lowest BCUT2D eigenvalue weighted by molar-refractivity contribution is 0.0690. The van der Waals surface area contributed by atoms with E-state index in [4.69, 9.17) is 21.1 Å². The summed E-state index contributed by atoms with van der Waals surface area (Å²) >= 11 is 5.86. The molecule has 9 heteroatoms. The molecule has 21 heavy (non-hydrogen) atoms. The fourth-order valence-electron chi connectivity index (χ4n) is 1.80. The molecular formula is C12H7ClN4O4. The van der Waals surface area contributed by atoms with Crippen molar-refractivity contribution in [2.75, 3.05) is 0 Å². The molecule has 3 aromatic rings. The lowest BCUT2D eigenvalue weighted by atomic mass is 10.3. The van der Waals surface area contributed by atoms with E-state index in [2.05, 4.69) is 15.0 Å². The lowest BCUT2D eigenvalue weighted by Crippen LogP contribution is -2.21. The van der Waals surface area contributed by atoms with Crippen LogP contribution < -0.4 is 5.56 Å². The van der Waals surface area contributed by atoms with Gasteiger partial charge in [0, 0.05) is 6.20 Å². The summed E-state index contributed by atoms with van der Waals surface area (Å²) < 4.78 is 6.25. The summed E-state index contributed by atoms with van der Waals surface area (Å²) in [6.07, 6.45) is 3.70. The maximum absolute atomic E-state index is 12.3. The van der Waals surface area contributed by atoms with E-state index in [1.165, 1.54) is 23.2 Å². The van der Waals surface area contributed by atoms with Gasteiger partial charge in [0.05, 0.1) is 11.7 Å². The van der Waals surface area contributed by atoms with Gasteiger partial charge >= 0.3 is 5.97 Å². The molecule has 0 saturated heterocycles. The largest absolute Gasteiger partial charge is 0.476 e. The number of hydrogen-bond donors (Lipinski definition) is 1. The number of oxazole rings is 1. The molecule has 0 aliphatic carbocycles. The molecule has 0 bridgehead atoms. The molecule has 8 nitrogen and oxygen atoms in total. The second kappa shape index (κ2) is 4.98. The van der Waals surface area contributed by atoms with Crippen molar-refractivity contribution in [2.24, 2.45) is 0 Å². The third kappa shape index (κ3) is 2.36. The van der Waals surface area contributed by atoms with Gasteiger partial charge in [-0.1, -0.05) is 11.6 Å². The molecule has 0 spiro atoms. The Hall–Kier alpha value is -2.74. The second-order valence-electron chi connectivity index (χ2n) is 4.11. The summed E-state index contributed by atoms with van der Waals surface area (Å²) in [5, 5.41) is 9.21. The first-order valence-electron chi connectivity index (χ1n) is 5.73. The van der Waals surface area contributed by atoms with E-state index in [0.29, 0.717) is 10.9 Å². The highest BCUT2D eigenvalue weighted by Crippen LogP contribution is 2.15. The number of aromatic carboxylic acids is 1. The molecule has 0 fully saturated rings. The molecule has 0 saturated carbocycles. The average Bonchev–Trinajstić information content (AvgIpc) is 2.91. The van der Waals surface area contributed by atoms with Gasteiger partial charge in [0.1, 0.15) is 18.3 Å². The van der Waals surface area contributed by atoms with Crippen LogP contribution in [-0.4, -0.2) is 30.6 Å². The van der Waals surface area contributed by atoms with Crippen molar-refractivity contribution in [3.63, 3.8) is 0 Å². The summed E-state index contributed by atoms with van der Waals surface area (Å²) in [6.45, 7) is -0.0327. The Balaban J connectivity index is 2.03. The molecule has 3 heterocycles. The number of carbonyl (C=O) groups is 1. The van der Waals surface area contributed by atoms with Gasteiger partial charge in [-0.15, -0.1) is 0 Å². The van der Waals surface area contributed by atoms with Gasteiger partial charge in [-0.25, -0.2) is 19.7 Å². The highest BCUT2D eigenvalue weighted by Gasteiger charge is 2.13. The van der Waals surface area contributed by atoms with Crippen LogP contribution in [0.3, 0.4) is 0 Å². The van der Waals surface area contributed by atoms with E-state index in [9.17, 15) is 9.59 Å². The Bertz CT molecular complexity index is 902. The molecule has 0 aromatic carbocycles. The zero-order valence-electron chi connectivity index (χ0n) is 10.4. The van der Waals surface area contributed by atoms with Gasteiger partial charge in [-0.2, -0.15) is 0 Å². The van der Waals surface area contributed by atoms with Crippen molar-refractivity contribution >= 4 is 28.5 Å². The number of fused-ring (bicyclic) bond motifs is 1. The van der Waals surface area contributed by atoms with Crippen molar-refractivity contribution in [1.82, 2.24) is 19.5 Å². The Kier molecular flexibility index (Phi) is 3.15. The first-order valence-corrected chi connectivity index (χ1v) is 6.11. The second-order valence-corrected chi connectivity index (χ2v) is 4.47. The molecule has 0 atom stereocenters. The Labute approximate surface area is 121 Å². The number of nitrogens with zero attached hydrogens (tertiary/aromatic N) is 4. The summed E-state index contributed by atoms with van der Waals surface area (Å²) in [5.41, 5.74) is -0.266. The summed E-state index contributed by atoms with van der Waals surface area (Å²) in [5.74, 6) is -1.11. The van der Waals surface area contributed by atoms with E-state index >= 15 is 0 Å². The third-order valence-corrected chi connectivity index (χ3v) is 3.05. The minimum Gasteiger partial charge on any atom is -0.476 e. The van der Waals surface area contributed by atoms with Crippen molar-refractivity contribution in [2.45, 2.75) is 6.54 Å². The van der Waals surface area contributed by atoms with Crippen LogP contribution in [0.5, 0.6) is 0 Å². The zero-order chi connectivity index (χ0) is 15.0. The third-order valence-electron chi connectivity index (χ3n) is 2.77. The number of carboxylic acids is 1. The minimum atomic E-state index is -1.20. The van der Waals surface area contributed by atoms with Gasteiger partial charge in [-0.05, 0) is 6.07 Å².